The number of tetrazole rings is 1. The molecule has 0 bridgehead atoms. The van der Waals surface area contributed by atoms with Crippen molar-refractivity contribution < 1.29 is 14.2 Å². The number of hydrogen-bond acceptors (Lipinski definition) is 9. The van der Waals surface area contributed by atoms with Gasteiger partial charge in [-0.2, -0.15) is 0 Å². The lowest BCUT2D eigenvalue weighted by Crippen LogP contribution is -2.49. The molecule has 0 unspecified atom stereocenters. The molecule has 3 heterocycles. The minimum absolute atomic E-state index is 0.162. The molecule has 0 spiro atoms. The van der Waals surface area contributed by atoms with Gasteiger partial charge in [-0.3, -0.25) is 9.69 Å². The van der Waals surface area contributed by atoms with Crippen molar-refractivity contribution in [3.8, 4) is 11.5 Å². The van der Waals surface area contributed by atoms with E-state index in [1.807, 2.05) is 43.3 Å². The highest BCUT2D eigenvalue weighted by Crippen LogP contribution is 2.30. The second-order valence-electron chi connectivity index (χ2n) is 9.11. The average molecular weight is 520 g/mol. The van der Waals surface area contributed by atoms with Crippen LogP contribution in [0.2, 0.25) is 0 Å². The minimum Gasteiger partial charge on any atom is -0.497 e. The van der Waals surface area contributed by atoms with Crippen molar-refractivity contribution in [1.82, 2.24) is 30.1 Å². The summed E-state index contributed by atoms with van der Waals surface area (Å²) in [6.45, 7) is 6.50. The number of ether oxygens (including phenoxy) is 3. The molecule has 2 aromatic heterocycles. The molecule has 1 N–H and O–H groups in total. The highest BCUT2D eigenvalue weighted by Gasteiger charge is 2.32. The van der Waals surface area contributed by atoms with Crippen LogP contribution in [0.3, 0.4) is 0 Å². The SMILES string of the molecule is CCOc1ccc2[nH]c(=O)c([C@H](c3nnnn3CCOC)N3CCN(c4ccc(OC)cc4)CC3)cc2c1. The number of H-pyrrole nitrogens is 1. The van der Waals surface area contributed by atoms with E-state index in [-0.39, 0.29) is 5.56 Å². The first-order valence-corrected chi connectivity index (χ1v) is 12.8. The third-order valence-electron chi connectivity index (χ3n) is 6.88. The van der Waals surface area contributed by atoms with Crippen LogP contribution in [-0.2, 0) is 11.3 Å². The maximum absolute atomic E-state index is 13.5. The summed E-state index contributed by atoms with van der Waals surface area (Å²) in [5, 5.41) is 13.4. The molecule has 11 nitrogen and oxygen atoms in total. The molecule has 200 valence electrons. The lowest BCUT2D eigenvalue weighted by atomic mass is 10.0. The standard InChI is InChI=1S/C27H33N7O4/c1-4-38-22-9-10-24-19(17-22)18-23(27(35)28-24)25(26-29-30-31-34(26)15-16-36-2)33-13-11-32(12-14-33)20-5-7-21(37-3)8-6-20/h5-10,17-18,25H,4,11-16H2,1-3H3,(H,28,35)/t25-/m1/s1. The van der Waals surface area contributed by atoms with Crippen LogP contribution in [0.25, 0.3) is 10.9 Å². The summed E-state index contributed by atoms with van der Waals surface area (Å²) in [5.41, 5.74) is 2.33. The smallest absolute Gasteiger partial charge is 0.253 e. The van der Waals surface area contributed by atoms with Gasteiger partial charge in [-0.15, -0.1) is 5.10 Å². The third kappa shape index (κ3) is 5.34. The van der Waals surface area contributed by atoms with Crippen molar-refractivity contribution in [2.45, 2.75) is 19.5 Å². The highest BCUT2D eigenvalue weighted by atomic mass is 16.5. The number of pyridine rings is 1. The molecule has 5 rings (SSSR count). The Morgan fingerprint density at radius 1 is 1.00 bits per heavy atom. The Bertz CT molecular complexity index is 1410. The van der Waals surface area contributed by atoms with Gasteiger partial charge in [0, 0.05) is 55.4 Å². The molecule has 1 fully saturated rings. The molecular weight excluding hydrogens is 486 g/mol. The molecule has 2 aromatic carbocycles. The van der Waals surface area contributed by atoms with Gasteiger partial charge in [0.2, 0.25) is 0 Å². The van der Waals surface area contributed by atoms with Gasteiger partial charge in [-0.05, 0) is 65.9 Å². The van der Waals surface area contributed by atoms with Gasteiger partial charge < -0.3 is 24.1 Å². The summed E-state index contributed by atoms with van der Waals surface area (Å²) in [7, 11) is 3.31. The molecule has 1 atom stereocenters. The number of rotatable bonds is 10. The van der Waals surface area contributed by atoms with Gasteiger partial charge >= 0.3 is 0 Å². The van der Waals surface area contributed by atoms with Crippen molar-refractivity contribution in [1.29, 1.82) is 0 Å². The average Bonchev–Trinajstić information content (AvgIpc) is 3.41. The topological polar surface area (TPSA) is 111 Å². The summed E-state index contributed by atoms with van der Waals surface area (Å²) in [6, 6.07) is 15.3. The van der Waals surface area contributed by atoms with Crippen LogP contribution >= 0.6 is 0 Å². The maximum Gasteiger partial charge on any atom is 0.253 e. The zero-order valence-electron chi connectivity index (χ0n) is 22.0. The van der Waals surface area contributed by atoms with E-state index in [0.717, 1.165) is 54.3 Å². The van der Waals surface area contributed by atoms with E-state index in [2.05, 4.69) is 42.4 Å². The Hall–Kier alpha value is -3.96. The first-order chi connectivity index (χ1) is 18.6. The van der Waals surface area contributed by atoms with Crippen LogP contribution in [0, 0.1) is 0 Å². The van der Waals surface area contributed by atoms with E-state index in [9.17, 15) is 4.79 Å². The van der Waals surface area contributed by atoms with E-state index in [1.54, 1.807) is 18.9 Å². The molecule has 11 heteroatoms. The van der Waals surface area contributed by atoms with Crippen LogP contribution in [0.1, 0.15) is 24.4 Å². The molecule has 1 aliphatic heterocycles. The number of nitrogens with one attached hydrogen (secondary N) is 1. The summed E-state index contributed by atoms with van der Waals surface area (Å²) in [4.78, 5) is 21.1. The van der Waals surface area contributed by atoms with Crippen LogP contribution < -0.4 is 19.9 Å². The Morgan fingerprint density at radius 3 is 2.47 bits per heavy atom. The van der Waals surface area contributed by atoms with Gasteiger partial charge in [-0.1, -0.05) is 0 Å². The number of anilines is 1. The predicted octanol–water partition coefficient (Wildman–Crippen LogP) is 2.48. The normalized spacial score (nSPS) is 15.1. The predicted molar refractivity (Wildman–Crippen MR) is 144 cm³/mol. The Labute approximate surface area is 220 Å². The first kappa shape index (κ1) is 25.7. The van der Waals surface area contributed by atoms with Crippen LogP contribution in [0.15, 0.2) is 53.3 Å². The van der Waals surface area contributed by atoms with Crippen molar-refractivity contribution in [3.05, 3.63) is 70.3 Å². The fraction of sp³-hybridized carbons (Fsp3) is 0.407. The summed E-state index contributed by atoms with van der Waals surface area (Å²) < 4.78 is 18.0. The van der Waals surface area contributed by atoms with Crippen LogP contribution in [0.4, 0.5) is 5.69 Å². The van der Waals surface area contributed by atoms with Crippen LogP contribution in [0.5, 0.6) is 11.5 Å². The van der Waals surface area contributed by atoms with E-state index >= 15 is 0 Å². The van der Waals surface area contributed by atoms with Crippen molar-refractivity contribution in [2.24, 2.45) is 0 Å². The second-order valence-corrected chi connectivity index (χ2v) is 9.11. The number of aromatic nitrogens is 5. The lowest BCUT2D eigenvalue weighted by Gasteiger charge is -2.39. The summed E-state index contributed by atoms with van der Waals surface area (Å²) in [6.07, 6.45) is 0. The minimum atomic E-state index is -0.427. The van der Waals surface area contributed by atoms with Crippen molar-refractivity contribution in [3.63, 3.8) is 0 Å². The molecule has 0 radical (unpaired) electrons. The molecule has 38 heavy (non-hydrogen) atoms. The summed E-state index contributed by atoms with van der Waals surface area (Å²) in [5.74, 6) is 2.21. The number of methoxy groups -OCH3 is 2. The molecule has 1 saturated heterocycles. The summed E-state index contributed by atoms with van der Waals surface area (Å²) >= 11 is 0. The Morgan fingerprint density at radius 2 is 1.76 bits per heavy atom. The zero-order chi connectivity index (χ0) is 26.5. The number of fused-ring (bicyclic) bond motifs is 1. The first-order valence-electron chi connectivity index (χ1n) is 12.8. The molecule has 4 aromatic rings. The third-order valence-corrected chi connectivity index (χ3v) is 6.88. The van der Waals surface area contributed by atoms with E-state index in [0.29, 0.717) is 31.1 Å². The van der Waals surface area contributed by atoms with E-state index < -0.39 is 6.04 Å². The van der Waals surface area contributed by atoms with Gasteiger partial charge in [0.15, 0.2) is 5.82 Å². The highest BCUT2D eigenvalue weighted by molar-refractivity contribution is 5.80. The molecule has 0 amide bonds. The number of nitrogens with zero attached hydrogens (tertiary/aromatic N) is 6. The maximum atomic E-state index is 13.5. The molecule has 0 saturated carbocycles. The van der Waals surface area contributed by atoms with Crippen molar-refractivity contribution >= 4 is 16.6 Å². The van der Waals surface area contributed by atoms with Gasteiger partial charge in [0.05, 0.1) is 26.9 Å². The van der Waals surface area contributed by atoms with Crippen LogP contribution in [-0.4, -0.2) is 83.7 Å². The number of aromatic amines is 1. The van der Waals surface area contributed by atoms with Gasteiger partial charge in [0.25, 0.3) is 5.56 Å². The van der Waals surface area contributed by atoms with E-state index in [1.165, 1.54) is 0 Å². The second kappa shape index (κ2) is 11.6. The van der Waals surface area contributed by atoms with E-state index in [4.69, 9.17) is 14.2 Å². The van der Waals surface area contributed by atoms with Gasteiger partial charge in [0.1, 0.15) is 17.5 Å². The fourth-order valence-corrected chi connectivity index (χ4v) is 4.94. The Kier molecular flexibility index (Phi) is 7.85. The molecule has 1 aliphatic rings. The molecular formula is C27H33N7O4. The largest absolute Gasteiger partial charge is 0.497 e. The monoisotopic (exact) mass is 519 g/mol. The van der Waals surface area contributed by atoms with Crippen molar-refractivity contribution in [2.75, 3.05) is 58.5 Å². The lowest BCUT2D eigenvalue weighted by molar-refractivity contribution is 0.171. The zero-order valence-corrected chi connectivity index (χ0v) is 22.0. The Balaban J connectivity index is 1.49. The number of benzene rings is 2. The van der Waals surface area contributed by atoms with Gasteiger partial charge in [-0.25, -0.2) is 4.68 Å². The fourth-order valence-electron chi connectivity index (χ4n) is 4.94. The molecule has 0 aliphatic carbocycles. The number of piperazine rings is 1. The number of hydrogen-bond donors (Lipinski definition) is 1. The quantitative estimate of drug-likeness (QED) is 0.338.